The van der Waals surface area contributed by atoms with Crippen LogP contribution in [0.1, 0.15) is 11.9 Å². The fraction of sp³-hybridized carbons (Fsp3) is 0.0370. The fourth-order valence-electron chi connectivity index (χ4n) is 4.42. The second kappa shape index (κ2) is 7.32. The molecule has 6 rings (SSSR count). The molecule has 0 saturated heterocycles. The molecule has 1 atom stereocenters. The van der Waals surface area contributed by atoms with Crippen molar-refractivity contribution in [3.63, 3.8) is 0 Å². The van der Waals surface area contributed by atoms with E-state index in [1.165, 1.54) is 0 Å². The van der Waals surface area contributed by atoms with Crippen molar-refractivity contribution in [3.8, 4) is 5.75 Å². The van der Waals surface area contributed by atoms with Gasteiger partial charge in [0.05, 0.1) is 21.8 Å². The number of ether oxygens (including phenoxy) is 1. The van der Waals surface area contributed by atoms with Gasteiger partial charge in [0.25, 0.3) is 0 Å². The lowest BCUT2D eigenvalue weighted by molar-refractivity contribution is -0.0171. The maximum absolute atomic E-state index is 13.2. The highest BCUT2D eigenvalue weighted by molar-refractivity contribution is 5.96. The molecule has 6 aromatic rings. The number of H-pyrrole nitrogens is 2. The van der Waals surface area contributed by atoms with Crippen molar-refractivity contribution in [2.75, 3.05) is 0 Å². The minimum atomic E-state index is -1.45. The Kier molecular flexibility index (Phi) is 4.28. The van der Waals surface area contributed by atoms with E-state index in [9.17, 15) is 14.7 Å². The van der Waals surface area contributed by atoms with Gasteiger partial charge in [-0.25, -0.2) is 0 Å². The Morgan fingerprint density at radius 3 is 1.79 bits per heavy atom. The zero-order valence-corrected chi connectivity index (χ0v) is 17.3. The maximum Gasteiger partial charge on any atom is 0.225 e. The third kappa shape index (κ3) is 3.00. The van der Waals surface area contributed by atoms with Crippen molar-refractivity contribution in [1.82, 2.24) is 9.97 Å². The van der Waals surface area contributed by atoms with Gasteiger partial charge in [0.2, 0.25) is 11.7 Å². The number of benzene rings is 4. The number of para-hydroxylation sites is 2. The highest BCUT2D eigenvalue weighted by Crippen LogP contribution is 2.30. The van der Waals surface area contributed by atoms with Crippen molar-refractivity contribution < 1.29 is 9.84 Å². The SMILES string of the molecule is O=c1c2ccccc2[nH]c2cccc(OC(O)c3cccc4[nH]c5ccccc5c(=O)c34)c12. The highest BCUT2D eigenvalue weighted by Gasteiger charge is 2.19. The molecule has 0 saturated carbocycles. The maximum atomic E-state index is 13.2. The zero-order valence-electron chi connectivity index (χ0n) is 17.3. The van der Waals surface area contributed by atoms with Gasteiger partial charge < -0.3 is 19.8 Å². The number of fused-ring (bicyclic) bond motifs is 4. The monoisotopic (exact) mass is 434 g/mol. The number of aromatic amines is 2. The van der Waals surface area contributed by atoms with E-state index in [0.717, 1.165) is 11.0 Å². The molecular weight excluding hydrogens is 416 g/mol. The first kappa shape index (κ1) is 19.3. The van der Waals surface area contributed by atoms with Crippen LogP contribution in [0.15, 0.2) is 94.5 Å². The van der Waals surface area contributed by atoms with Crippen molar-refractivity contribution >= 4 is 43.6 Å². The van der Waals surface area contributed by atoms with Crippen LogP contribution in [-0.2, 0) is 0 Å². The molecule has 0 spiro atoms. The number of hydrogen-bond acceptors (Lipinski definition) is 4. The van der Waals surface area contributed by atoms with Crippen molar-refractivity contribution in [1.29, 1.82) is 0 Å². The van der Waals surface area contributed by atoms with Gasteiger partial charge in [-0.15, -0.1) is 0 Å². The van der Waals surface area contributed by atoms with Gasteiger partial charge in [0.15, 0.2) is 5.43 Å². The number of pyridine rings is 2. The topological polar surface area (TPSA) is 95.2 Å². The van der Waals surface area contributed by atoms with E-state index in [-0.39, 0.29) is 16.6 Å². The van der Waals surface area contributed by atoms with Crippen molar-refractivity contribution in [3.05, 3.63) is 111 Å². The van der Waals surface area contributed by atoms with E-state index in [2.05, 4.69) is 9.97 Å². The van der Waals surface area contributed by atoms with Gasteiger partial charge in [0, 0.05) is 27.4 Å². The number of hydrogen-bond donors (Lipinski definition) is 3. The van der Waals surface area contributed by atoms with Gasteiger partial charge in [-0.1, -0.05) is 42.5 Å². The summed E-state index contributed by atoms with van der Waals surface area (Å²) >= 11 is 0. The fourth-order valence-corrected chi connectivity index (χ4v) is 4.42. The van der Waals surface area contributed by atoms with Crippen LogP contribution < -0.4 is 15.6 Å². The van der Waals surface area contributed by atoms with Crippen LogP contribution in [-0.4, -0.2) is 15.1 Å². The molecular formula is C27H18N2O4. The number of aliphatic hydroxyl groups excluding tert-OH is 1. The standard InChI is InChI=1S/C27H18N2O4/c30-25-15-7-1-3-10-18(15)28-20-12-5-9-17(23(20)25)27(32)33-22-14-6-13-21-24(22)26(31)16-8-2-4-11-19(16)29-21/h1-14,27,32H,(H,28,30)(H,29,31). The molecule has 33 heavy (non-hydrogen) atoms. The Labute approximate surface area is 186 Å². The van der Waals surface area contributed by atoms with Gasteiger partial charge >= 0.3 is 0 Å². The van der Waals surface area contributed by atoms with Crippen LogP contribution in [0.4, 0.5) is 0 Å². The number of rotatable bonds is 3. The van der Waals surface area contributed by atoms with E-state index in [4.69, 9.17) is 4.74 Å². The second-order valence-electron chi connectivity index (χ2n) is 7.92. The van der Waals surface area contributed by atoms with E-state index in [0.29, 0.717) is 38.1 Å². The summed E-state index contributed by atoms with van der Waals surface area (Å²) in [5, 5.41) is 12.8. The van der Waals surface area contributed by atoms with Gasteiger partial charge in [-0.2, -0.15) is 0 Å². The summed E-state index contributed by atoms with van der Waals surface area (Å²) in [6.07, 6.45) is -1.45. The quantitative estimate of drug-likeness (QED) is 0.277. The van der Waals surface area contributed by atoms with E-state index in [1.807, 2.05) is 24.3 Å². The van der Waals surface area contributed by atoms with Crippen molar-refractivity contribution in [2.24, 2.45) is 0 Å². The molecule has 6 nitrogen and oxygen atoms in total. The zero-order chi connectivity index (χ0) is 22.5. The minimum absolute atomic E-state index is 0.191. The first-order valence-electron chi connectivity index (χ1n) is 10.5. The van der Waals surface area contributed by atoms with Gasteiger partial charge in [-0.05, 0) is 42.5 Å². The normalized spacial score (nSPS) is 12.5. The summed E-state index contributed by atoms with van der Waals surface area (Å²) in [7, 11) is 0. The first-order chi connectivity index (χ1) is 16.1. The molecule has 0 amide bonds. The second-order valence-corrected chi connectivity index (χ2v) is 7.92. The van der Waals surface area contributed by atoms with Gasteiger partial charge in [-0.3, -0.25) is 9.59 Å². The summed E-state index contributed by atoms with van der Waals surface area (Å²) in [4.78, 5) is 32.9. The Morgan fingerprint density at radius 2 is 1.12 bits per heavy atom. The summed E-state index contributed by atoms with van der Waals surface area (Å²) in [6, 6.07) is 24.8. The number of nitrogens with one attached hydrogen (secondary N) is 2. The Balaban J connectivity index is 1.53. The molecule has 2 heterocycles. The molecule has 4 aromatic carbocycles. The minimum Gasteiger partial charge on any atom is -0.460 e. The molecule has 0 aliphatic heterocycles. The summed E-state index contributed by atoms with van der Waals surface area (Å²) in [5.41, 5.74) is 2.58. The molecule has 6 heteroatoms. The first-order valence-corrected chi connectivity index (χ1v) is 10.5. The highest BCUT2D eigenvalue weighted by atomic mass is 16.6. The van der Waals surface area contributed by atoms with Crippen LogP contribution >= 0.6 is 0 Å². The molecule has 0 bridgehead atoms. The predicted molar refractivity (Wildman–Crippen MR) is 130 cm³/mol. The third-order valence-corrected chi connectivity index (χ3v) is 5.96. The summed E-state index contributed by atoms with van der Waals surface area (Å²) in [6.45, 7) is 0. The van der Waals surface area contributed by atoms with Crippen LogP contribution in [0.25, 0.3) is 43.6 Å². The largest absolute Gasteiger partial charge is 0.460 e. The Bertz CT molecular complexity index is 1820. The summed E-state index contributed by atoms with van der Waals surface area (Å²) in [5.74, 6) is 0.237. The Morgan fingerprint density at radius 1 is 0.606 bits per heavy atom. The predicted octanol–water partition coefficient (Wildman–Crippen LogP) is 4.75. The lowest BCUT2D eigenvalue weighted by atomic mass is 10.0. The van der Waals surface area contributed by atoms with E-state index in [1.54, 1.807) is 60.7 Å². The lowest BCUT2D eigenvalue weighted by Crippen LogP contribution is -2.14. The molecule has 0 aliphatic carbocycles. The lowest BCUT2D eigenvalue weighted by Gasteiger charge is -2.17. The Hall–Kier alpha value is -4.42. The summed E-state index contributed by atoms with van der Waals surface area (Å²) < 4.78 is 5.90. The van der Waals surface area contributed by atoms with E-state index >= 15 is 0 Å². The van der Waals surface area contributed by atoms with Crippen LogP contribution in [0.2, 0.25) is 0 Å². The molecule has 1 unspecified atom stereocenters. The number of aliphatic hydroxyl groups is 1. The van der Waals surface area contributed by atoms with Gasteiger partial charge in [0.1, 0.15) is 5.75 Å². The molecule has 0 fully saturated rings. The smallest absolute Gasteiger partial charge is 0.225 e. The average Bonchev–Trinajstić information content (AvgIpc) is 2.84. The van der Waals surface area contributed by atoms with Crippen LogP contribution in [0.3, 0.4) is 0 Å². The third-order valence-electron chi connectivity index (χ3n) is 5.96. The molecule has 0 radical (unpaired) electrons. The molecule has 0 aliphatic rings. The van der Waals surface area contributed by atoms with Crippen molar-refractivity contribution in [2.45, 2.75) is 6.29 Å². The average molecular weight is 434 g/mol. The van der Waals surface area contributed by atoms with E-state index < -0.39 is 6.29 Å². The molecule has 2 aromatic heterocycles. The number of aromatic nitrogens is 2. The molecule has 160 valence electrons. The molecule has 3 N–H and O–H groups in total. The van der Waals surface area contributed by atoms with Crippen LogP contribution in [0, 0.1) is 0 Å². The van der Waals surface area contributed by atoms with Crippen LogP contribution in [0.5, 0.6) is 5.75 Å².